The summed E-state index contributed by atoms with van der Waals surface area (Å²) in [6, 6.07) is 9.40. The third-order valence-corrected chi connectivity index (χ3v) is 3.03. The lowest BCUT2D eigenvalue weighted by atomic mass is 10.1. The van der Waals surface area contributed by atoms with Crippen LogP contribution < -0.4 is 0 Å². The number of aliphatic hydroxyl groups is 1. The molecule has 88 valence electrons. The summed E-state index contributed by atoms with van der Waals surface area (Å²) in [6.45, 7) is 1.59. The van der Waals surface area contributed by atoms with Crippen LogP contribution in [-0.2, 0) is 0 Å². The van der Waals surface area contributed by atoms with E-state index >= 15 is 0 Å². The predicted octanol–water partition coefficient (Wildman–Crippen LogP) is 3.50. The van der Waals surface area contributed by atoms with Crippen molar-refractivity contribution in [2.75, 3.05) is 0 Å². The van der Waals surface area contributed by atoms with E-state index in [1.165, 1.54) is 0 Å². The van der Waals surface area contributed by atoms with Crippen molar-refractivity contribution in [1.82, 2.24) is 10.2 Å². The lowest BCUT2D eigenvalue weighted by Gasteiger charge is -2.11. The van der Waals surface area contributed by atoms with Crippen LogP contribution in [0.3, 0.4) is 0 Å². The number of aromatic nitrogens is 2. The van der Waals surface area contributed by atoms with Gasteiger partial charge in [-0.05, 0) is 6.92 Å². The van der Waals surface area contributed by atoms with Crippen LogP contribution in [0.1, 0.15) is 18.6 Å². The zero-order valence-electron chi connectivity index (χ0n) is 9.06. The van der Waals surface area contributed by atoms with Gasteiger partial charge < -0.3 is 5.11 Å². The summed E-state index contributed by atoms with van der Waals surface area (Å²) in [7, 11) is 0. The highest BCUT2D eigenvalue weighted by Gasteiger charge is 2.18. The molecule has 5 heteroatoms. The number of hydrogen-bond acceptors (Lipinski definition) is 3. The Bertz CT molecular complexity index is 530. The van der Waals surface area contributed by atoms with Gasteiger partial charge in [0.05, 0.1) is 11.1 Å². The molecule has 2 aromatic rings. The minimum absolute atomic E-state index is 0.129. The maximum atomic E-state index is 9.62. The smallest absolute Gasteiger partial charge is 0.159 e. The molecule has 0 bridgehead atoms. The summed E-state index contributed by atoms with van der Waals surface area (Å²) in [5.74, 6) is 0. The van der Waals surface area contributed by atoms with Crippen LogP contribution in [0.25, 0.3) is 11.3 Å². The molecule has 0 aliphatic heterocycles. The molecule has 0 spiro atoms. The summed E-state index contributed by atoms with van der Waals surface area (Å²) in [5.41, 5.74) is 1.76. The van der Waals surface area contributed by atoms with E-state index in [-0.39, 0.29) is 5.15 Å². The Labute approximate surface area is 109 Å². The van der Waals surface area contributed by atoms with E-state index in [1.807, 2.05) is 30.3 Å². The maximum absolute atomic E-state index is 9.62. The first kappa shape index (κ1) is 12.3. The minimum atomic E-state index is -0.784. The number of rotatable bonds is 2. The van der Waals surface area contributed by atoms with Crippen molar-refractivity contribution < 1.29 is 5.11 Å². The van der Waals surface area contributed by atoms with Gasteiger partial charge >= 0.3 is 0 Å². The van der Waals surface area contributed by atoms with E-state index in [2.05, 4.69) is 10.2 Å². The van der Waals surface area contributed by atoms with Gasteiger partial charge in [0.15, 0.2) is 5.15 Å². The second-order valence-corrected chi connectivity index (χ2v) is 4.35. The van der Waals surface area contributed by atoms with Crippen LogP contribution in [0.2, 0.25) is 10.2 Å². The fourth-order valence-electron chi connectivity index (χ4n) is 1.55. The molecule has 3 nitrogen and oxygen atoms in total. The maximum Gasteiger partial charge on any atom is 0.159 e. The van der Waals surface area contributed by atoms with Gasteiger partial charge in [0.25, 0.3) is 0 Å². The van der Waals surface area contributed by atoms with Crippen LogP contribution in [0.5, 0.6) is 0 Å². The van der Waals surface area contributed by atoms with E-state index in [0.29, 0.717) is 16.3 Å². The van der Waals surface area contributed by atoms with Crippen LogP contribution in [0.15, 0.2) is 30.3 Å². The Hall–Kier alpha value is -1.16. The van der Waals surface area contributed by atoms with Crippen LogP contribution in [-0.4, -0.2) is 15.3 Å². The first-order valence-corrected chi connectivity index (χ1v) is 5.82. The molecule has 0 radical (unpaired) electrons. The van der Waals surface area contributed by atoms with Crippen LogP contribution in [0.4, 0.5) is 0 Å². The molecule has 1 unspecified atom stereocenters. The molecule has 1 aromatic heterocycles. The van der Waals surface area contributed by atoms with Gasteiger partial charge in [-0.25, -0.2) is 0 Å². The highest BCUT2D eigenvalue weighted by molar-refractivity contribution is 6.36. The molecule has 17 heavy (non-hydrogen) atoms. The first-order chi connectivity index (χ1) is 8.11. The SMILES string of the molecule is CC(O)c1c(Cl)nnc(-c2ccccc2)c1Cl. The van der Waals surface area contributed by atoms with Crippen molar-refractivity contribution in [3.8, 4) is 11.3 Å². The first-order valence-electron chi connectivity index (χ1n) is 5.06. The molecule has 1 atom stereocenters. The lowest BCUT2D eigenvalue weighted by Crippen LogP contribution is -2.00. The second-order valence-electron chi connectivity index (χ2n) is 3.61. The Morgan fingerprint density at radius 1 is 1.12 bits per heavy atom. The molecule has 0 fully saturated rings. The standard InChI is InChI=1S/C12H10Cl2N2O/c1-7(17)9-10(13)11(15-16-12(9)14)8-5-3-2-4-6-8/h2-7,17H,1H3. The Kier molecular flexibility index (Phi) is 3.62. The summed E-state index contributed by atoms with van der Waals surface area (Å²) >= 11 is 12.1. The van der Waals surface area contributed by atoms with E-state index in [1.54, 1.807) is 6.92 Å². The monoisotopic (exact) mass is 268 g/mol. The summed E-state index contributed by atoms with van der Waals surface area (Å²) in [5, 5.41) is 17.9. The zero-order chi connectivity index (χ0) is 12.4. The predicted molar refractivity (Wildman–Crippen MR) is 68.1 cm³/mol. The highest BCUT2D eigenvalue weighted by Crippen LogP contribution is 2.34. The largest absolute Gasteiger partial charge is 0.389 e. The number of hydrogen-bond donors (Lipinski definition) is 1. The molecule has 0 aliphatic rings. The molecule has 1 aromatic carbocycles. The number of benzene rings is 1. The Balaban J connectivity index is 2.62. The third-order valence-electron chi connectivity index (χ3n) is 2.37. The quantitative estimate of drug-likeness (QED) is 0.907. The van der Waals surface area contributed by atoms with Crippen LogP contribution in [0, 0.1) is 0 Å². The number of aliphatic hydroxyl groups excluding tert-OH is 1. The molecular weight excluding hydrogens is 259 g/mol. The fourth-order valence-corrected chi connectivity index (χ4v) is 2.28. The molecule has 0 amide bonds. The highest BCUT2D eigenvalue weighted by atomic mass is 35.5. The average molecular weight is 269 g/mol. The van der Waals surface area contributed by atoms with Gasteiger partial charge in [-0.3, -0.25) is 0 Å². The van der Waals surface area contributed by atoms with E-state index < -0.39 is 6.10 Å². The minimum Gasteiger partial charge on any atom is -0.389 e. The third kappa shape index (κ3) is 2.41. The molecule has 1 N–H and O–H groups in total. The van der Waals surface area contributed by atoms with Crippen molar-refractivity contribution >= 4 is 23.2 Å². The van der Waals surface area contributed by atoms with Gasteiger partial charge in [0.1, 0.15) is 5.69 Å². The lowest BCUT2D eigenvalue weighted by molar-refractivity contribution is 0.199. The topological polar surface area (TPSA) is 46.0 Å². The van der Waals surface area contributed by atoms with E-state index in [9.17, 15) is 5.11 Å². The van der Waals surface area contributed by atoms with Crippen LogP contribution >= 0.6 is 23.2 Å². The molecule has 1 heterocycles. The summed E-state index contributed by atoms with van der Waals surface area (Å²) < 4.78 is 0. The Morgan fingerprint density at radius 2 is 1.76 bits per heavy atom. The average Bonchev–Trinajstić information content (AvgIpc) is 2.30. The molecule has 0 saturated carbocycles. The molecular formula is C12H10Cl2N2O. The normalized spacial score (nSPS) is 12.5. The molecule has 0 aliphatic carbocycles. The van der Waals surface area contributed by atoms with Crippen molar-refractivity contribution in [2.45, 2.75) is 13.0 Å². The summed E-state index contributed by atoms with van der Waals surface area (Å²) in [6.07, 6.45) is -0.784. The number of halogens is 2. The molecule has 0 saturated heterocycles. The van der Waals surface area contributed by atoms with Gasteiger partial charge in [-0.1, -0.05) is 53.5 Å². The van der Waals surface area contributed by atoms with E-state index in [0.717, 1.165) is 5.56 Å². The van der Waals surface area contributed by atoms with Crippen molar-refractivity contribution in [3.05, 3.63) is 46.1 Å². The number of nitrogens with zero attached hydrogens (tertiary/aromatic N) is 2. The van der Waals surface area contributed by atoms with Gasteiger partial charge in [0.2, 0.25) is 0 Å². The molecule has 2 rings (SSSR count). The van der Waals surface area contributed by atoms with E-state index in [4.69, 9.17) is 23.2 Å². The Morgan fingerprint density at radius 3 is 2.35 bits per heavy atom. The fraction of sp³-hybridized carbons (Fsp3) is 0.167. The van der Waals surface area contributed by atoms with Crippen molar-refractivity contribution in [3.63, 3.8) is 0 Å². The van der Waals surface area contributed by atoms with Crippen molar-refractivity contribution in [2.24, 2.45) is 0 Å². The van der Waals surface area contributed by atoms with Gasteiger partial charge in [-0.2, -0.15) is 0 Å². The van der Waals surface area contributed by atoms with Gasteiger partial charge in [0, 0.05) is 11.1 Å². The second kappa shape index (κ2) is 5.00. The zero-order valence-corrected chi connectivity index (χ0v) is 10.6. The van der Waals surface area contributed by atoms with Crippen molar-refractivity contribution in [1.29, 1.82) is 0 Å². The van der Waals surface area contributed by atoms with Gasteiger partial charge in [-0.15, -0.1) is 10.2 Å². The summed E-state index contributed by atoms with van der Waals surface area (Å²) in [4.78, 5) is 0.